The fraction of sp³-hybridized carbons (Fsp3) is 0.529. The second-order valence-electron chi connectivity index (χ2n) is 6.07. The van der Waals surface area contributed by atoms with Crippen LogP contribution in [-0.2, 0) is 18.3 Å². The molecule has 0 aliphatic heterocycles. The quantitative estimate of drug-likeness (QED) is 0.787. The molecule has 23 heavy (non-hydrogen) atoms. The number of carbonyl (C=O) groups excluding carboxylic acids is 1. The van der Waals surface area contributed by atoms with E-state index in [1.165, 1.54) is 0 Å². The van der Waals surface area contributed by atoms with Crippen LogP contribution in [0.15, 0.2) is 24.5 Å². The second-order valence-corrected chi connectivity index (χ2v) is 6.07. The summed E-state index contributed by atoms with van der Waals surface area (Å²) in [7, 11) is 1.86. The van der Waals surface area contributed by atoms with Crippen LogP contribution in [0.25, 0.3) is 0 Å². The van der Waals surface area contributed by atoms with E-state index in [9.17, 15) is 4.79 Å². The van der Waals surface area contributed by atoms with E-state index in [1.807, 2.05) is 24.1 Å². The maximum absolute atomic E-state index is 12.8. The van der Waals surface area contributed by atoms with Crippen molar-refractivity contribution in [3.8, 4) is 0 Å². The maximum atomic E-state index is 12.8. The third kappa shape index (κ3) is 3.75. The Labute approximate surface area is 136 Å². The van der Waals surface area contributed by atoms with Crippen molar-refractivity contribution >= 4 is 11.6 Å². The van der Waals surface area contributed by atoms with Crippen molar-refractivity contribution in [3.63, 3.8) is 0 Å². The Bertz CT molecular complexity index is 663. The first-order chi connectivity index (χ1) is 11.2. The van der Waals surface area contributed by atoms with Gasteiger partial charge in [-0.05, 0) is 31.4 Å². The molecule has 0 N–H and O–H groups in total. The molecule has 0 saturated heterocycles. The van der Waals surface area contributed by atoms with E-state index in [4.69, 9.17) is 0 Å². The van der Waals surface area contributed by atoms with E-state index in [1.54, 1.807) is 17.1 Å². The number of hydrogen-bond donors (Lipinski definition) is 0. The van der Waals surface area contributed by atoms with Gasteiger partial charge in [-0.2, -0.15) is 5.10 Å². The van der Waals surface area contributed by atoms with Crippen LogP contribution < -0.4 is 4.90 Å². The molecular weight excluding hydrogens is 290 g/mol. The average molecular weight is 313 g/mol. The molecule has 3 rings (SSSR count). The van der Waals surface area contributed by atoms with Gasteiger partial charge in [-0.1, -0.05) is 13.3 Å². The van der Waals surface area contributed by atoms with Crippen molar-refractivity contribution in [2.24, 2.45) is 7.05 Å². The molecule has 1 amide bonds. The number of aromatic nitrogens is 4. The van der Waals surface area contributed by atoms with E-state index in [2.05, 4.69) is 22.0 Å². The first-order valence-electron chi connectivity index (χ1n) is 8.29. The summed E-state index contributed by atoms with van der Waals surface area (Å²) in [5.74, 6) is 2.17. The third-order valence-electron chi connectivity index (χ3n) is 4.12. The van der Waals surface area contributed by atoms with Gasteiger partial charge in [0.05, 0.1) is 18.3 Å². The number of unbranched alkanes of at least 4 members (excludes halogenated alkanes) is 1. The molecule has 2 heterocycles. The van der Waals surface area contributed by atoms with Gasteiger partial charge < -0.3 is 4.90 Å². The number of amides is 1. The zero-order valence-electron chi connectivity index (χ0n) is 13.8. The van der Waals surface area contributed by atoms with Crippen LogP contribution in [-0.4, -0.2) is 32.2 Å². The van der Waals surface area contributed by atoms with Gasteiger partial charge in [-0.15, -0.1) is 0 Å². The maximum Gasteiger partial charge on any atom is 0.234 e. The molecule has 2 aromatic rings. The van der Waals surface area contributed by atoms with Crippen LogP contribution in [0.4, 0.5) is 5.69 Å². The summed E-state index contributed by atoms with van der Waals surface area (Å²) in [6.45, 7) is 2.82. The summed E-state index contributed by atoms with van der Waals surface area (Å²) in [4.78, 5) is 23.3. The number of anilines is 1. The Morgan fingerprint density at radius 2 is 2.26 bits per heavy atom. The third-order valence-corrected chi connectivity index (χ3v) is 4.12. The molecule has 1 aliphatic carbocycles. The minimum absolute atomic E-state index is 0.0456. The summed E-state index contributed by atoms with van der Waals surface area (Å²) in [5.41, 5.74) is 0.843. The van der Waals surface area contributed by atoms with Crippen molar-refractivity contribution in [2.75, 3.05) is 11.4 Å². The molecule has 2 aromatic heterocycles. The zero-order valence-corrected chi connectivity index (χ0v) is 13.8. The lowest BCUT2D eigenvalue weighted by Gasteiger charge is -2.22. The molecule has 0 bridgehead atoms. The van der Waals surface area contributed by atoms with Crippen molar-refractivity contribution in [2.45, 2.75) is 44.9 Å². The van der Waals surface area contributed by atoms with Gasteiger partial charge in [0.15, 0.2) is 5.82 Å². The molecule has 1 saturated carbocycles. The number of pyridine rings is 1. The summed E-state index contributed by atoms with van der Waals surface area (Å²) < 4.78 is 1.74. The van der Waals surface area contributed by atoms with Crippen molar-refractivity contribution in [1.82, 2.24) is 19.7 Å². The molecule has 1 aliphatic rings. The smallest absolute Gasteiger partial charge is 0.234 e. The van der Waals surface area contributed by atoms with Crippen LogP contribution >= 0.6 is 0 Å². The molecule has 0 atom stereocenters. The standard InChI is InChI=1S/C17H23N5O/c1-3-4-10-22(14-6-5-9-18-12-14)16(23)11-15-19-17(13-7-8-13)20-21(15)2/h5-6,9,12-13H,3-4,7-8,10-11H2,1-2H3. The van der Waals surface area contributed by atoms with Crippen molar-refractivity contribution < 1.29 is 4.79 Å². The highest BCUT2D eigenvalue weighted by atomic mass is 16.2. The second kappa shape index (κ2) is 6.89. The van der Waals surface area contributed by atoms with Crippen LogP contribution in [0.3, 0.4) is 0 Å². The first-order valence-corrected chi connectivity index (χ1v) is 8.29. The molecule has 6 heteroatoms. The monoisotopic (exact) mass is 313 g/mol. The lowest BCUT2D eigenvalue weighted by Crippen LogP contribution is -2.34. The summed E-state index contributed by atoms with van der Waals surface area (Å²) in [5, 5.41) is 4.44. The van der Waals surface area contributed by atoms with Crippen LogP contribution in [0.1, 0.15) is 50.2 Å². The van der Waals surface area contributed by atoms with Gasteiger partial charge in [-0.25, -0.2) is 4.98 Å². The Morgan fingerprint density at radius 1 is 1.43 bits per heavy atom. The lowest BCUT2D eigenvalue weighted by molar-refractivity contribution is -0.118. The van der Waals surface area contributed by atoms with Gasteiger partial charge in [-0.3, -0.25) is 14.5 Å². The average Bonchev–Trinajstić information content (AvgIpc) is 3.34. The summed E-state index contributed by atoms with van der Waals surface area (Å²) in [6, 6.07) is 3.78. The van der Waals surface area contributed by atoms with E-state index >= 15 is 0 Å². The number of rotatable bonds is 7. The Balaban J connectivity index is 1.75. The molecular formula is C17H23N5O. The zero-order chi connectivity index (χ0) is 16.2. The van der Waals surface area contributed by atoms with Crippen molar-refractivity contribution in [1.29, 1.82) is 0 Å². The lowest BCUT2D eigenvalue weighted by atomic mass is 10.2. The fourth-order valence-corrected chi connectivity index (χ4v) is 2.56. The van der Waals surface area contributed by atoms with Gasteiger partial charge >= 0.3 is 0 Å². The van der Waals surface area contributed by atoms with Gasteiger partial charge in [0.2, 0.25) is 5.91 Å². The molecule has 0 unspecified atom stereocenters. The predicted molar refractivity (Wildman–Crippen MR) is 88.2 cm³/mol. The van der Waals surface area contributed by atoms with Crippen LogP contribution in [0, 0.1) is 0 Å². The highest BCUT2D eigenvalue weighted by molar-refractivity contribution is 5.94. The Hall–Kier alpha value is -2.24. The van der Waals surface area contributed by atoms with E-state index in [0.29, 0.717) is 12.5 Å². The SMILES string of the molecule is CCCCN(C(=O)Cc1nc(C2CC2)nn1C)c1cccnc1. The van der Waals surface area contributed by atoms with Crippen molar-refractivity contribution in [3.05, 3.63) is 36.2 Å². The minimum atomic E-state index is 0.0456. The van der Waals surface area contributed by atoms with Gasteiger partial charge in [0, 0.05) is 25.7 Å². The predicted octanol–water partition coefficient (Wildman–Crippen LogP) is 2.46. The highest BCUT2D eigenvalue weighted by Gasteiger charge is 2.29. The number of hydrogen-bond acceptors (Lipinski definition) is 4. The van der Waals surface area contributed by atoms with Gasteiger partial charge in [0.1, 0.15) is 5.82 Å². The summed E-state index contributed by atoms with van der Waals surface area (Å²) >= 11 is 0. The molecule has 1 fully saturated rings. The number of carbonyl (C=O) groups is 1. The van der Waals surface area contributed by atoms with E-state index < -0.39 is 0 Å². The molecule has 6 nitrogen and oxygen atoms in total. The van der Waals surface area contributed by atoms with Crippen LogP contribution in [0.2, 0.25) is 0 Å². The highest BCUT2D eigenvalue weighted by Crippen LogP contribution is 2.38. The Morgan fingerprint density at radius 3 is 2.91 bits per heavy atom. The van der Waals surface area contributed by atoms with E-state index in [0.717, 1.165) is 43.0 Å². The minimum Gasteiger partial charge on any atom is -0.311 e. The van der Waals surface area contributed by atoms with Crippen LogP contribution in [0.5, 0.6) is 0 Å². The Kier molecular flexibility index (Phi) is 4.69. The number of nitrogens with zero attached hydrogens (tertiary/aromatic N) is 5. The first kappa shape index (κ1) is 15.6. The largest absolute Gasteiger partial charge is 0.311 e. The molecule has 0 radical (unpaired) electrons. The van der Waals surface area contributed by atoms with Gasteiger partial charge in [0.25, 0.3) is 0 Å². The number of aryl methyl sites for hydroxylation is 1. The fourth-order valence-electron chi connectivity index (χ4n) is 2.56. The topological polar surface area (TPSA) is 63.9 Å². The normalized spacial score (nSPS) is 14.0. The molecule has 122 valence electrons. The summed E-state index contributed by atoms with van der Waals surface area (Å²) in [6.07, 6.45) is 8.06. The van der Waals surface area contributed by atoms with E-state index in [-0.39, 0.29) is 12.3 Å². The molecule has 0 spiro atoms. The molecule has 0 aromatic carbocycles.